The van der Waals surface area contributed by atoms with E-state index >= 15 is 0 Å². The molecule has 0 fully saturated rings. The van der Waals surface area contributed by atoms with E-state index in [1.54, 1.807) is 0 Å². The number of hydrogen-bond acceptors (Lipinski definition) is 7. The third-order valence-electron chi connectivity index (χ3n) is 2.88. The Balaban J connectivity index is 2.73. The molecule has 0 amide bonds. The predicted octanol–water partition coefficient (Wildman–Crippen LogP) is -4.36. The predicted molar refractivity (Wildman–Crippen MR) is 62.3 cm³/mol. The van der Waals surface area contributed by atoms with Gasteiger partial charge in [0.1, 0.15) is 6.04 Å². The number of carbonyl (C=O) groups excluding carboxylic acids is 2. The summed E-state index contributed by atoms with van der Waals surface area (Å²) in [6.07, 6.45) is 1.27. The van der Waals surface area contributed by atoms with E-state index in [1.165, 1.54) is 12.2 Å². The lowest BCUT2D eigenvalue weighted by molar-refractivity contribution is -0.431. The first-order chi connectivity index (χ1) is 8.74. The number of aliphatic hydroxyl groups is 2. The molecule has 0 saturated carbocycles. The van der Waals surface area contributed by atoms with E-state index in [0.29, 0.717) is 0 Å². The Labute approximate surface area is 114 Å². The number of carboxylic acids is 2. The average molecular weight is 290 g/mol. The summed E-state index contributed by atoms with van der Waals surface area (Å²) in [4.78, 5) is 21.2. The van der Waals surface area contributed by atoms with Crippen LogP contribution in [0.25, 0.3) is 0 Å². The van der Waals surface area contributed by atoms with E-state index in [1.807, 2.05) is 0 Å². The zero-order valence-electron chi connectivity index (χ0n) is 10.2. The Kier molecular flexibility index (Phi) is 5.36. The highest BCUT2D eigenvalue weighted by Crippen LogP contribution is 2.35. The molecule has 19 heavy (non-hydrogen) atoms. The quantitative estimate of drug-likeness (QED) is 0.418. The maximum atomic E-state index is 10.7. The molecule has 1 aliphatic rings. The van der Waals surface area contributed by atoms with Gasteiger partial charge in [0.2, 0.25) is 0 Å². The summed E-state index contributed by atoms with van der Waals surface area (Å²) in [5.74, 6) is -2.67. The summed E-state index contributed by atoms with van der Waals surface area (Å²) in [6, 6.07) is -0.972. The molecule has 0 saturated heterocycles. The number of carboxylic acid groups (broad SMARTS) is 2. The molecule has 5 N–H and O–H groups in total. The van der Waals surface area contributed by atoms with Gasteiger partial charge in [0.25, 0.3) is 0 Å². The van der Waals surface area contributed by atoms with Gasteiger partial charge < -0.3 is 35.7 Å². The SMILES string of the molecule is [NH3+][C@@H](CSC1CC(O)C=CC1(O)CC(=O)[O-])C(=O)[O-]. The number of thioether (sulfide) groups is 1. The van der Waals surface area contributed by atoms with Gasteiger partial charge in [0, 0.05) is 17.6 Å². The first-order valence-electron chi connectivity index (χ1n) is 5.70. The first-order valence-corrected chi connectivity index (χ1v) is 6.74. The van der Waals surface area contributed by atoms with Crippen LogP contribution in [0.4, 0.5) is 0 Å². The highest BCUT2D eigenvalue weighted by atomic mass is 32.2. The van der Waals surface area contributed by atoms with Gasteiger partial charge in [-0.2, -0.15) is 0 Å². The molecule has 0 aromatic heterocycles. The third kappa shape index (κ3) is 4.50. The van der Waals surface area contributed by atoms with Crippen LogP contribution < -0.4 is 15.9 Å². The highest BCUT2D eigenvalue weighted by Gasteiger charge is 2.39. The summed E-state index contributed by atoms with van der Waals surface area (Å²) < 4.78 is 0. The van der Waals surface area contributed by atoms with Crippen molar-refractivity contribution in [2.24, 2.45) is 0 Å². The van der Waals surface area contributed by atoms with Crippen LogP contribution in [0, 0.1) is 0 Å². The van der Waals surface area contributed by atoms with Gasteiger partial charge in [-0.25, -0.2) is 0 Å². The second-order valence-electron chi connectivity index (χ2n) is 4.54. The fourth-order valence-electron chi connectivity index (χ4n) is 1.80. The van der Waals surface area contributed by atoms with Crippen molar-refractivity contribution in [2.75, 3.05) is 5.75 Å². The third-order valence-corrected chi connectivity index (χ3v) is 4.48. The molecule has 3 unspecified atom stereocenters. The van der Waals surface area contributed by atoms with Crippen LogP contribution in [0.2, 0.25) is 0 Å². The molecule has 1 rings (SSSR count). The van der Waals surface area contributed by atoms with E-state index < -0.39 is 41.4 Å². The Bertz CT molecular complexity index is 387. The van der Waals surface area contributed by atoms with E-state index in [0.717, 1.165) is 11.8 Å². The zero-order chi connectivity index (χ0) is 14.6. The molecule has 0 heterocycles. The van der Waals surface area contributed by atoms with Crippen LogP contribution in [0.1, 0.15) is 12.8 Å². The monoisotopic (exact) mass is 290 g/mol. The van der Waals surface area contributed by atoms with Gasteiger partial charge in [-0.05, 0) is 6.42 Å². The van der Waals surface area contributed by atoms with Gasteiger partial charge in [-0.1, -0.05) is 12.2 Å². The Morgan fingerprint density at radius 3 is 2.68 bits per heavy atom. The summed E-state index contributed by atoms with van der Waals surface area (Å²) in [6.45, 7) is 0. The van der Waals surface area contributed by atoms with Crippen molar-refractivity contribution in [1.82, 2.24) is 0 Å². The van der Waals surface area contributed by atoms with Crippen LogP contribution in [0.5, 0.6) is 0 Å². The molecule has 0 spiro atoms. The van der Waals surface area contributed by atoms with Crippen LogP contribution in [0.15, 0.2) is 12.2 Å². The van der Waals surface area contributed by atoms with Crippen LogP contribution in [-0.2, 0) is 9.59 Å². The normalized spacial score (nSPS) is 31.9. The summed E-state index contributed by atoms with van der Waals surface area (Å²) >= 11 is 1.05. The van der Waals surface area contributed by atoms with Gasteiger partial charge in [-0.15, -0.1) is 11.8 Å². The zero-order valence-corrected chi connectivity index (χ0v) is 11.0. The van der Waals surface area contributed by atoms with Gasteiger partial charge in [0.05, 0.1) is 23.4 Å². The summed E-state index contributed by atoms with van der Waals surface area (Å²) in [7, 11) is 0. The Morgan fingerprint density at radius 2 is 2.16 bits per heavy atom. The lowest BCUT2D eigenvalue weighted by Gasteiger charge is -2.38. The molecule has 4 atom stereocenters. The lowest BCUT2D eigenvalue weighted by Crippen LogP contribution is -2.69. The molecule has 7 nitrogen and oxygen atoms in total. The minimum Gasteiger partial charge on any atom is -0.550 e. The maximum Gasteiger partial charge on any atom is 0.134 e. The fraction of sp³-hybridized carbons (Fsp3) is 0.636. The second-order valence-corrected chi connectivity index (χ2v) is 5.78. The van der Waals surface area contributed by atoms with E-state index in [-0.39, 0.29) is 12.2 Å². The number of carbonyl (C=O) groups is 2. The lowest BCUT2D eigenvalue weighted by atomic mass is 9.86. The second kappa shape index (κ2) is 6.38. The van der Waals surface area contributed by atoms with Gasteiger partial charge >= 0.3 is 0 Å². The van der Waals surface area contributed by atoms with Crippen molar-refractivity contribution in [2.45, 2.75) is 35.8 Å². The minimum atomic E-state index is -1.66. The van der Waals surface area contributed by atoms with Crippen molar-refractivity contribution < 1.29 is 35.7 Å². The number of aliphatic carboxylic acids is 2. The van der Waals surface area contributed by atoms with E-state index in [9.17, 15) is 30.0 Å². The minimum absolute atomic E-state index is 0.0585. The van der Waals surface area contributed by atoms with Crippen molar-refractivity contribution in [1.29, 1.82) is 0 Å². The van der Waals surface area contributed by atoms with Crippen LogP contribution in [-0.4, -0.2) is 50.9 Å². The van der Waals surface area contributed by atoms with Crippen molar-refractivity contribution >= 4 is 23.7 Å². The topological polar surface area (TPSA) is 148 Å². The van der Waals surface area contributed by atoms with E-state index in [4.69, 9.17) is 0 Å². The maximum absolute atomic E-state index is 10.7. The number of rotatable bonds is 6. The number of quaternary nitrogens is 1. The molecule has 108 valence electrons. The highest BCUT2D eigenvalue weighted by molar-refractivity contribution is 8.00. The molecule has 0 radical (unpaired) electrons. The molecule has 1 aliphatic carbocycles. The first kappa shape index (κ1) is 16.0. The Hall–Kier alpha value is -1.09. The molecule has 8 heteroatoms. The van der Waals surface area contributed by atoms with Gasteiger partial charge in [-0.3, -0.25) is 0 Å². The molecular formula is C11H16NO6S-. The molecule has 0 aromatic carbocycles. The largest absolute Gasteiger partial charge is 0.550 e. The Morgan fingerprint density at radius 1 is 1.53 bits per heavy atom. The molecule has 0 aromatic rings. The van der Waals surface area contributed by atoms with Crippen LogP contribution >= 0.6 is 11.8 Å². The molecule has 0 aliphatic heterocycles. The van der Waals surface area contributed by atoms with Gasteiger partial charge in [0.15, 0.2) is 0 Å². The molecular weight excluding hydrogens is 274 g/mol. The van der Waals surface area contributed by atoms with Crippen molar-refractivity contribution in [3.05, 3.63) is 12.2 Å². The van der Waals surface area contributed by atoms with E-state index in [2.05, 4.69) is 5.73 Å². The van der Waals surface area contributed by atoms with Crippen molar-refractivity contribution in [3.63, 3.8) is 0 Å². The van der Waals surface area contributed by atoms with Crippen molar-refractivity contribution in [3.8, 4) is 0 Å². The van der Waals surface area contributed by atoms with Crippen LogP contribution in [0.3, 0.4) is 0 Å². The summed E-state index contributed by atoms with van der Waals surface area (Å²) in [5, 5.41) is 40.3. The smallest absolute Gasteiger partial charge is 0.134 e. The average Bonchev–Trinajstić information content (AvgIpc) is 2.29. The summed E-state index contributed by atoms with van der Waals surface area (Å²) in [5.41, 5.74) is 1.72. The molecule has 0 bridgehead atoms. The number of hydrogen-bond donors (Lipinski definition) is 3. The number of aliphatic hydroxyl groups excluding tert-OH is 1. The standard InChI is InChI=1S/C11H17NO6S/c12-7(10(16)17)5-19-8-3-6(13)1-2-11(8,18)4-9(14)15/h1-2,6-8,13,18H,3-5,12H2,(H,14,15)(H,16,17)/p-1/t6?,7-,8?,11?/m0/s1. The fourth-order valence-corrected chi connectivity index (χ4v) is 3.19.